The van der Waals surface area contributed by atoms with E-state index in [1.807, 2.05) is 31.2 Å². The molecule has 1 aliphatic heterocycles. The van der Waals surface area contributed by atoms with Crippen molar-refractivity contribution in [3.8, 4) is 0 Å². The lowest BCUT2D eigenvalue weighted by molar-refractivity contribution is 0.0730. The van der Waals surface area contributed by atoms with Crippen LogP contribution in [0, 0.1) is 6.92 Å². The second kappa shape index (κ2) is 7.22. The molecule has 8 heteroatoms. The van der Waals surface area contributed by atoms with Crippen LogP contribution in [0.25, 0.3) is 10.9 Å². The van der Waals surface area contributed by atoms with Crippen molar-refractivity contribution >= 4 is 32.3 Å². The fourth-order valence-electron chi connectivity index (χ4n) is 3.14. The lowest BCUT2D eigenvalue weighted by atomic mass is 10.2. The molecule has 1 N–H and O–H groups in total. The first kappa shape index (κ1) is 17.8. The number of ether oxygens (including phenoxy) is 1. The quantitative estimate of drug-likeness (QED) is 0.692. The normalized spacial score (nSPS) is 16.3. The number of aryl methyl sites for hydroxylation is 1. The van der Waals surface area contributed by atoms with Gasteiger partial charge in [0.15, 0.2) is 0 Å². The van der Waals surface area contributed by atoms with Crippen molar-refractivity contribution in [2.24, 2.45) is 10.2 Å². The highest BCUT2D eigenvalue weighted by Crippen LogP contribution is 2.31. The van der Waals surface area contributed by atoms with Crippen LogP contribution in [0.15, 0.2) is 63.7 Å². The Kier molecular flexibility index (Phi) is 4.77. The third-order valence-electron chi connectivity index (χ3n) is 4.55. The largest absolute Gasteiger partial charge is 0.379 e. The minimum absolute atomic E-state index is 0.219. The van der Waals surface area contributed by atoms with Crippen molar-refractivity contribution in [1.29, 1.82) is 0 Å². The van der Waals surface area contributed by atoms with Gasteiger partial charge in [0.1, 0.15) is 5.69 Å². The number of para-hydroxylation sites is 1. The summed E-state index contributed by atoms with van der Waals surface area (Å²) in [5.74, 6) is 0. The Balaban J connectivity index is 1.64. The maximum absolute atomic E-state index is 12.8. The van der Waals surface area contributed by atoms with Crippen LogP contribution in [0.4, 0.5) is 11.4 Å². The lowest BCUT2D eigenvalue weighted by Crippen LogP contribution is -2.40. The number of hydrogen-bond acceptors (Lipinski definition) is 5. The van der Waals surface area contributed by atoms with E-state index in [9.17, 15) is 8.42 Å². The molecule has 2 aromatic carbocycles. The van der Waals surface area contributed by atoms with Crippen molar-refractivity contribution in [3.05, 3.63) is 54.2 Å². The van der Waals surface area contributed by atoms with E-state index in [0.29, 0.717) is 32.0 Å². The number of sulfonamides is 1. The summed E-state index contributed by atoms with van der Waals surface area (Å²) in [4.78, 5) is 3.49. The zero-order chi connectivity index (χ0) is 18.9. The van der Waals surface area contributed by atoms with Crippen molar-refractivity contribution in [1.82, 2.24) is 9.29 Å². The van der Waals surface area contributed by atoms with Crippen LogP contribution in [0.3, 0.4) is 0 Å². The molecule has 0 saturated carbocycles. The molecule has 0 radical (unpaired) electrons. The number of fused-ring (bicyclic) bond motifs is 1. The highest BCUT2D eigenvalue weighted by molar-refractivity contribution is 7.89. The molecule has 7 nitrogen and oxygen atoms in total. The standard InChI is InChI=1S/C19H20N4O3S/c1-14-19(17-7-2-3-8-18(17)20-14)22-21-15-5-4-6-16(13-15)27(24,25)23-9-11-26-12-10-23/h2-8,13,20H,9-12H2,1H3. The smallest absolute Gasteiger partial charge is 0.243 e. The zero-order valence-corrected chi connectivity index (χ0v) is 15.7. The number of azo groups is 1. The summed E-state index contributed by atoms with van der Waals surface area (Å²) in [6, 6.07) is 14.4. The van der Waals surface area contributed by atoms with Crippen molar-refractivity contribution < 1.29 is 13.2 Å². The number of benzene rings is 2. The Labute approximate surface area is 157 Å². The van der Waals surface area contributed by atoms with Gasteiger partial charge in [0, 0.05) is 29.7 Å². The van der Waals surface area contributed by atoms with E-state index < -0.39 is 10.0 Å². The predicted octanol–water partition coefficient (Wildman–Crippen LogP) is 3.91. The molecule has 0 aliphatic carbocycles. The fourth-order valence-corrected chi connectivity index (χ4v) is 4.59. The third-order valence-corrected chi connectivity index (χ3v) is 6.45. The number of H-pyrrole nitrogens is 1. The average Bonchev–Trinajstić information content (AvgIpc) is 3.02. The fraction of sp³-hybridized carbons (Fsp3) is 0.263. The van der Waals surface area contributed by atoms with E-state index in [4.69, 9.17) is 4.74 Å². The highest BCUT2D eigenvalue weighted by atomic mass is 32.2. The number of nitrogens with zero attached hydrogens (tertiary/aromatic N) is 3. The summed E-state index contributed by atoms with van der Waals surface area (Å²) in [5, 5.41) is 9.62. The van der Waals surface area contributed by atoms with Gasteiger partial charge < -0.3 is 9.72 Å². The van der Waals surface area contributed by atoms with Gasteiger partial charge in [-0.25, -0.2) is 8.42 Å². The Morgan fingerprint density at radius 1 is 1.04 bits per heavy atom. The van der Waals surface area contributed by atoms with E-state index in [1.54, 1.807) is 24.3 Å². The first-order valence-corrected chi connectivity index (χ1v) is 10.2. The molecule has 0 bridgehead atoms. The molecule has 1 aliphatic rings. The van der Waals surface area contributed by atoms with Gasteiger partial charge in [-0.3, -0.25) is 0 Å². The average molecular weight is 384 g/mol. The van der Waals surface area contributed by atoms with Gasteiger partial charge in [-0.05, 0) is 31.2 Å². The Morgan fingerprint density at radius 3 is 2.63 bits per heavy atom. The maximum Gasteiger partial charge on any atom is 0.243 e. The zero-order valence-electron chi connectivity index (χ0n) is 14.9. The van der Waals surface area contributed by atoms with E-state index in [1.165, 1.54) is 4.31 Å². The van der Waals surface area contributed by atoms with Gasteiger partial charge in [0.05, 0.1) is 23.8 Å². The lowest BCUT2D eigenvalue weighted by Gasteiger charge is -2.26. The molecule has 0 amide bonds. The SMILES string of the molecule is Cc1[nH]c2ccccc2c1N=Nc1cccc(S(=O)(=O)N2CCOCC2)c1. The minimum atomic E-state index is -3.55. The molecule has 140 valence electrons. The van der Waals surface area contributed by atoms with Crippen molar-refractivity contribution in [2.75, 3.05) is 26.3 Å². The van der Waals surface area contributed by atoms with Crippen LogP contribution >= 0.6 is 0 Å². The summed E-state index contributed by atoms with van der Waals surface area (Å²) in [7, 11) is -3.55. The summed E-state index contributed by atoms with van der Waals surface area (Å²) in [6.07, 6.45) is 0. The summed E-state index contributed by atoms with van der Waals surface area (Å²) >= 11 is 0. The topological polar surface area (TPSA) is 87.1 Å². The number of morpholine rings is 1. The summed E-state index contributed by atoms with van der Waals surface area (Å²) < 4.78 is 32.3. The number of rotatable bonds is 4. The number of hydrogen-bond donors (Lipinski definition) is 1. The molecule has 0 atom stereocenters. The first-order valence-electron chi connectivity index (χ1n) is 8.73. The van der Waals surface area contributed by atoms with E-state index in [-0.39, 0.29) is 4.90 Å². The summed E-state index contributed by atoms with van der Waals surface area (Å²) in [6.45, 7) is 3.50. The third kappa shape index (κ3) is 3.51. The molecule has 4 rings (SSSR count). The van der Waals surface area contributed by atoms with Crippen molar-refractivity contribution in [2.45, 2.75) is 11.8 Å². The van der Waals surface area contributed by atoms with E-state index >= 15 is 0 Å². The Hall–Kier alpha value is -2.55. The molecule has 0 unspecified atom stereocenters. The molecule has 1 fully saturated rings. The maximum atomic E-state index is 12.8. The van der Waals surface area contributed by atoms with Crippen LogP contribution in [0.1, 0.15) is 5.69 Å². The van der Waals surface area contributed by atoms with Gasteiger partial charge in [-0.2, -0.15) is 9.42 Å². The number of aromatic amines is 1. The Morgan fingerprint density at radius 2 is 1.81 bits per heavy atom. The van der Waals surface area contributed by atoms with Crippen molar-refractivity contribution in [3.63, 3.8) is 0 Å². The molecule has 0 spiro atoms. The van der Waals surface area contributed by atoms with Gasteiger partial charge in [0.2, 0.25) is 10.0 Å². The Bertz CT molecular complexity index is 1100. The van der Waals surface area contributed by atoms with Gasteiger partial charge >= 0.3 is 0 Å². The van der Waals surface area contributed by atoms with Crippen LogP contribution < -0.4 is 0 Å². The molecule has 1 aromatic heterocycles. The predicted molar refractivity (Wildman–Crippen MR) is 103 cm³/mol. The van der Waals surface area contributed by atoms with Gasteiger partial charge in [0.25, 0.3) is 0 Å². The second-order valence-electron chi connectivity index (χ2n) is 6.36. The number of nitrogens with one attached hydrogen (secondary N) is 1. The molecular weight excluding hydrogens is 364 g/mol. The van der Waals surface area contributed by atoms with Gasteiger partial charge in [-0.1, -0.05) is 24.3 Å². The highest BCUT2D eigenvalue weighted by Gasteiger charge is 2.26. The number of aromatic nitrogens is 1. The molecule has 3 aromatic rings. The minimum Gasteiger partial charge on any atom is -0.379 e. The van der Waals surface area contributed by atoms with E-state index in [2.05, 4.69) is 15.2 Å². The van der Waals surface area contributed by atoms with Crippen LogP contribution in [0.5, 0.6) is 0 Å². The molecular formula is C19H20N4O3S. The molecule has 1 saturated heterocycles. The second-order valence-corrected chi connectivity index (χ2v) is 8.30. The monoisotopic (exact) mass is 384 g/mol. The van der Waals surface area contributed by atoms with Crippen LogP contribution in [0.2, 0.25) is 0 Å². The molecule has 2 heterocycles. The first-order chi connectivity index (χ1) is 13.1. The van der Waals surface area contributed by atoms with Crippen LogP contribution in [-0.2, 0) is 14.8 Å². The van der Waals surface area contributed by atoms with E-state index in [0.717, 1.165) is 22.3 Å². The van der Waals surface area contributed by atoms with Gasteiger partial charge in [-0.15, -0.1) is 5.11 Å². The summed E-state index contributed by atoms with van der Waals surface area (Å²) in [5.41, 5.74) is 3.16. The molecule has 27 heavy (non-hydrogen) atoms. The van der Waals surface area contributed by atoms with Crippen LogP contribution in [-0.4, -0.2) is 44.0 Å².